The number of nitrogens with zero attached hydrogens (tertiary/aromatic N) is 1. The largest absolute Gasteiger partial charge is 0.493 e. The van der Waals surface area contributed by atoms with Gasteiger partial charge in [0, 0.05) is 31.3 Å². The van der Waals surface area contributed by atoms with Crippen molar-refractivity contribution in [2.75, 3.05) is 20.8 Å². The van der Waals surface area contributed by atoms with Gasteiger partial charge in [0.05, 0.1) is 14.2 Å². The molecule has 27 heavy (non-hydrogen) atoms. The maximum Gasteiger partial charge on any atom is 0.250 e. The van der Waals surface area contributed by atoms with Gasteiger partial charge in [-0.2, -0.15) is 0 Å². The maximum atomic E-state index is 12.0. The molecule has 6 heteroatoms. The van der Waals surface area contributed by atoms with Gasteiger partial charge in [0.25, 0.3) is 5.56 Å². The molecule has 0 atom stereocenters. The molecule has 2 aromatic rings. The monoisotopic (exact) mass is 372 g/mol. The normalized spacial score (nSPS) is 10.5. The second-order valence-electron chi connectivity index (χ2n) is 6.40. The molecule has 0 aliphatic carbocycles. The van der Waals surface area contributed by atoms with Crippen LogP contribution in [0.3, 0.4) is 0 Å². The number of benzene rings is 1. The van der Waals surface area contributed by atoms with Crippen LogP contribution in [0.15, 0.2) is 41.2 Å². The van der Waals surface area contributed by atoms with Crippen molar-refractivity contribution < 1.29 is 14.3 Å². The Labute approximate surface area is 160 Å². The Hall–Kier alpha value is -2.76. The van der Waals surface area contributed by atoms with E-state index in [2.05, 4.69) is 5.32 Å². The predicted molar refractivity (Wildman–Crippen MR) is 106 cm³/mol. The fourth-order valence-electron chi connectivity index (χ4n) is 2.92. The average Bonchev–Trinajstić information content (AvgIpc) is 2.67. The van der Waals surface area contributed by atoms with E-state index >= 15 is 0 Å². The minimum Gasteiger partial charge on any atom is -0.493 e. The number of amides is 1. The summed E-state index contributed by atoms with van der Waals surface area (Å²) in [5, 5.41) is 2.94. The van der Waals surface area contributed by atoms with Crippen LogP contribution in [0.1, 0.15) is 30.5 Å². The Morgan fingerprint density at radius 1 is 1.07 bits per heavy atom. The van der Waals surface area contributed by atoms with Gasteiger partial charge < -0.3 is 19.4 Å². The number of aryl methyl sites for hydroxylation is 2. The van der Waals surface area contributed by atoms with E-state index in [1.165, 1.54) is 0 Å². The highest BCUT2D eigenvalue weighted by molar-refractivity contribution is 5.76. The Morgan fingerprint density at radius 2 is 1.85 bits per heavy atom. The SMILES string of the molecule is COc1ccc(CCC(=O)NCCCCn2c(C)cccc2=O)cc1OC. The molecule has 0 aliphatic heterocycles. The molecule has 0 spiro atoms. The number of carbonyl (C=O) groups is 1. The molecule has 6 nitrogen and oxygen atoms in total. The molecule has 1 N–H and O–H groups in total. The Bertz CT molecular complexity index is 814. The van der Waals surface area contributed by atoms with Crippen molar-refractivity contribution in [3.05, 3.63) is 58.0 Å². The second-order valence-corrected chi connectivity index (χ2v) is 6.40. The zero-order valence-corrected chi connectivity index (χ0v) is 16.3. The van der Waals surface area contributed by atoms with E-state index in [4.69, 9.17) is 9.47 Å². The summed E-state index contributed by atoms with van der Waals surface area (Å²) in [7, 11) is 3.19. The minimum atomic E-state index is 0.0222. The molecule has 2 rings (SSSR count). The maximum absolute atomic E-state index is 12.0. The molecule has 1 aromatic heterocycles. The third-order valence-corrected chi connectivity index (χ3v) is 4.49. The lowest BCUT2D eigenvalue weighted by molar-refractivity contribution is -0.121. The molecule has 0 unspecified atom stereocenters. The van der Waals surface area contributed by atoms with Gasteiger partial charge in [-0.15, -0.1) is 0 Å². The van der Waals surface area contributed by atoms with Gasteiger partial charge in [-0.1, -0.05) is 12.1 Å². The van der Waals surface area contributed by atoms with Crippen LogP contribution in [-0.2, 0) is 17.8 Å². The van der Waals surface area contributed by atoms with Crippen LogP contribution in [-0.4, -0.2) is 31.2 Å². The number of unbranched alkanes of at least 4 members (excludes halogenated alkanes) is 1. The fraction of sp³-hybridized carbons (Fsp3) is 0.429. The molecule has 146 valence electrons. The van der Waals surface area contributed by atoms with Crippen molar-refractivity contribution in [1.82, 2.24) is 9.88 Å². The molecular formula is C21H28N2O4. The van der Waals surface area contributed by atoms with Crippen molar-refractivity contribution in [3.63, 3.8) is 0 Å². The predicted octanol–water partition coefficient (Wildman–Crippen LogP) is 2.70. The van der Waals surface area contributed by atoms with Crippen molar-refractivity contribution in [2.24, 2.45) is 0 Å². The number of carbonyl (C=O) groups excluding carboxylic acids is 1. The summed E-state index contributed by atoms with van der Waals surface area (Å²) in [5.74, 6) is 1.37. The van der Waals surface area contributed by atoms with Crippen LogP contribution in [0.25, 0.3) is 0 Å². The van der Waals surface area contributed by atoms with Crippen LogP contribution >= 0.6 is 0 Å². The highest BCUT2D eigenvalue weighted by Gasteiger charge is 2.07. The van der Waals surface area contributed by atoms with Crippen LogP contribution in [0, 0.1) is 6.92 Å². The van der Waals surface area contributed by atoms with Crippen LogP contribution in [0.5, 0.6) is 11.5 Å². The number of pyridine rings is 1. The molecule has 1 aromatic carbocycles. The molecule has 0 radical (unpaired) electrons. The first-order valence-electron chi connectivity index (χ1n) is 9.19. The van der Waals surface area contributed by atoms with Crippen molar-refractivity contribution in [2.45, 2.75) is 39.2 Å². The van der Waals surface area contributed by atoms with E-state index in [1.54, 1.807) is 30.9 Å². The molecule has 0 fully saturated rings. The summed E-state index contributed by atoms with van der Waals surface area (Å²) < 4.78 is 12.3. The average molecular weight is 372 g/mol. The number of nitrogens with one attached hydrogen (secondary N) is 1. The van der Waals surface area contributed by atoms with Gasteiger partial charge in [-0.3, -0.25) is 9.59 Å². The van der Waals surface area contributed by atoms with Gasteiger partial charge >= 0.3 is 0 Å². The Kier molecular flexibility index (Phi) is 7.92. The number of ether oxygens (including phenoxy) is 2. The van der Waals surface area contributed by atoms with Gasteiger partial charge in [-0.05, 0) is 49.9 Å². The summed E-state index contributed by atoms with van der Waals surface area (Å²) in [6.07, 6.45) is 2.75. The number of hydrogen-bond donors (Lipinski definition) is 1. The minimum absolute atomic E-state index is 0.0222. The molecule has 1 amide bonds. The summed E-state index contributed by atoms with van der Waals surface area (Å²) in [5.41, 5.74) is 2.01. The quantitative estimate of drug-likeness (QED) is 0.651. The molecule has 0 bridgehead atoms. The van der Waals surface area contributed by atoms with Gasteiger partial charge in [-0.25, -0.2) is 0 Å². The first-order valence-corrected chi connectivity index (χ1v) is 9.19. The van der Waals surface area contributed by atoms with Crippen LogP contribution in [0.2, 0.25) is 0 Å². The summed E-state index contributed by atoms with van der Waals surface area (Å²) >= 11 is 0. The Morgan fingerprint density at radius 3 is 2.56 bits per heavy atom. The van der Waals surface area contributed by atoms with E-state index in [0.717, 1.165) is 24.1 Å². The van der Waals surface area contributed by atoms with Gasteiger partial charge in [0.1, 0.15) is 0 Å². The van der Waals surface area contributed by atoms with Gasteiger partial charge in [0.2, 0.25) is 5.91 Å². The fourth-order valence-corrected chi connectivity index (χ4v) is 2.92. The lowest BCUT2D eigenvalue weighted by Crippen LogP contribution is -2.25. The highest BCUT2D eigenvalue weighted by atomic mass is 16.5. The lowest BCUT2D eigenvalue weighted by Gasteiger charge is -2.10. The van der Waals surface area contributed by atoms with Crippen molar-refractivity contribution in [3.8, 4) is 11.5 Å². The van der Waals surface area contributed by atoms with E-state index < -0.39 is 0 Å². The highest BCUT2D eigenvalue weighted by Crippen LogP contribution is 2.27. The molecule has 0 saturated heterocycles. The second kappa shape index (κ2) is 10.4. The number of methoxy groups -OCH3 is 2. The third kappa shape index (κ3) is 6.16. The third-order valence-electron chi connectivity index (χ3n) is 4.49. The first kappa shape index (κ1) is 20.6. The molecule has 1 heterocycles. The van der Waals surface area contributed by atoms with Crippen LogP contribution in [0.4, 0.5) is 0 Å². The van der Waals surface area contributed by atoms with E-state index in [1.807, 2.05) is 31.2 Å². The topological polar surface area (TPSA) is 69.6 Å². The molecular weight excluding hydrogens is 344 g/mol. The zero-order valence-electron chi connectivity index (χ0n) is 16.3. The smallest absolute Gasteiger partial charge is 0.250 e. The Balaban J connectivity index is 1.69. The summed E-state index contributed by atoms with van der Waals surface area (Å²) in [6.45, 7) is 3.22. The summed E-state index contributed by atoms with van der Waals surface area (Å²) in [4.78, 5) is 23.8. The number of rotatable bonds is 10. The van der Waals surface area contributed by atoms with Crippen LogP contribution < -0.4 is 20.3 Å². The number of hydrogen-bond acceptors (Lipinski definition) is 4. The molecule has 0 aliphatic rings. The molecule has 0 saturated carbocycles. The van der Waals surface area contributed by atoms with E-state index in [0.29, 0.717) is 37.4 Å². The summed E-state index contributed by atoms with van der Waals surface area (Å²) in [6, 6.07) is 11.0. The lowest BCUT2D eigenvalue weighted by atomic mass is 10.1. The standard InChI is InChI=1S/C21H28N2O4/c1-16-7-6-8-21(25)23(16)14-5-4-13-22-20(24)12-10-17-9-11-18(26-2)19(15-17)27-3/h6-9,11,15H,4-5,10,12-14H2,1-3H3,(H,22,24). The van der Waals surface area contributed by atoms with Crippen molar-refractivity contribution in [1.29, 1.82) is 0 Å². The van der Waals surface area contributed by atoms with E-state index in [-0.39, 0.29) is 11.5 Å². The van der Waals surface area contributed by atoms with Crippen molar-refractivity contribution >= 4 is 5.91 Å². The first-order chi connectivity index (χ1) is 13.0. The number of aromatic nitrogens is 1. The zero-order chi connectivity index (χ0) is 19.6. The van der Waals surface area contributed by atoms with E-state index in [9.17, 15) is 9.59 Å². The van der Waals surface area contributed by atoms with Gasteiger partial charge in [0.15, 0.2) is 11.5 Å².